The minimum atomic E-state index is 0.591. The van der Waals surface area contributed by atoms with Gasteiger partial charge in [-0.3, -0.25) is 0 Å². The Morgan fingerprint density at radius 3 is 2.76 bits per heavy atom. The molecule has 0 aliphatic carbocycles. The van der Waals surface area contributed by atoms with Crippen LogP contribution in [0.4, 0.5) is 5.69 Å². The average Bonchev–Trinajstić information content (AvgIpc) is 2.90. The molecule has 0 aliphatic heterocycles. The monoisotopic (exact) mass is 281 g/mol. The summed E-state index contributed by atoms with van der Waals surface area (Å²) in [6, 6.07) is 12.2. The summed E-state index contributed by atoms with van der Waals surface area (Å²) in [4.78, 5) is 4.59. The molecular formula is C17H19N3O. The second-order valence-corrected chi connectivity index (χ2v) is 5.15. The number of unbranched alkanes of at least 4 members (excludes halogenated alkanes) is 1. The molecule has 0 spiro atoms. The van der Waals surface area contributed by atoms with Crippen molar-refractivity contribution in [1.29, 1.82) is 0 Å². The highest BCUT2D eigenvalue weighted by Gasteiger charge is 2.13. The number of benzene rings is 1. The van der Waals surface area contributed by atoms with Crippen molar-refractivity contribution in [2.45, 2.75) is 26.7 Å². The van der Waals surface area contributed by atoms with Gasteiger partial charge in [0.2, 0.25) is 0 Å². The fourth-order valence-electron chi connectivity index (χ4n) is 2.39. The van der Waals surface area contributed by atoms with E-state index in [9.17, 15) is 0 Å². The van der Waals surface area contributed by atoms with Crippen LogP contribution in [0.1, 0.15) is 25.5 Å². The summed E-state index contributed by atoms with van der Waals surface area (Å²) in [5, 5.41) is 8.51. The molecule has 4 nitrogen and oxygen atoms in total. The van der Waals surface area contributed by atoms with E-state index in [1.165, 1.54) is 0 Å². The molecule has 0 amide bonds. The molecule has 0 fully saturated rings. The van der Waals surface area contributed by atoms with Gasteiger partial charge in [0.05, 0.1) is 22.5 Å². The van der Waals surface area contributed by atoms with Gasteiger partial charge in [-0.15, -0.1) is 0 Å². The highest BCUT2D eigenvalue weighted by Crippen LogP contribution is 2.30. The average molecular weight is 281 g/mol. The van der Waals surface area contributed by atoms with Gasteiger partial charge in [-0.25, -0.2) is 4.98 Å². The lowest BCUT2D eigenvalue weighted by molar-refractivity contribution is 0.443. The second kappa shape index (κ2) is 5.95. The van der Waals surface area contributed by atoms with E-state index < -0.39 is 0 Å². The molecule has 4 heteroatoms. The molecule has 21 heavy (non-hydrogen) atoms. The number of rotatable bonds is 5. The zero-order valence-corrected chi connectivity index (χ0v) is 12.4. The number of nitrogens with zero attached hydrogens (tertiary/aromatic N) is 2. The quantitative estimate of drug-likeness (QED) is 0.704. The fourth-order valence-corrected chi connectivity index (χ4v) is 2.39. The maximum Gasteiger partial charge on any atom is 0.260 e. The maximum absolute atomic E-state index is 5.36. The molecule has 2 heterocycles. The van der Waals surface area contributed by atoms with Crippen LogP contribution in [-0.4, -0.2) is 16.7 Å². The van der Waals surface area contributed by atoms with E-state index in [-0.39, 0.29) is 0 Å². The first kappa shape index (κ1) is 13.6. The van der Waals surface area contributed by atoms with E-state index in [1.807, 2.05) is 37.3 Å². The summed E-state index contributed by atoms with van der Waals surface area (Å²) >= 11 is 0. The zero-order valence-electron chi connectivity index (χ0n) is 12.4. The zero-order chi connectivity index (χ0) is 14.7. The van der Waals surface area contributed by atoms with Crippen LogP contribution in [0, 0.1) is 6.92 Å². The Balaban J connectivity index is 2.07. The van der Waals surface area contributed by atoms with Crippen LogP contribution in [0.2, 0.25) is 0 Å². The molecule has 0 aliphatic rings. The van der Waals surface area contributed by atoms with Crippen molar-refractivity contribution < 1.29 is 4.52 Å². The lowest BCUT2D eigenvalue weighted by atomic mass is 10.1. The van der Waals surface area contributed by atoms with E-state index in [1.54, 1.807) is 0 Å². The van der Waals surface area contributed by atoms with Crippen LogP contribution in [0.5, 0.6) is 0 Å². The van der Waals surface area contributed by atoms with E-state index in [2.05, 4.69) is 28.4 Å². The molecule has 0 bridgehead atoms. The van der Waals surface area contributed by atoms with Gasteiger partial charge in [0.15, 0.2) is 0 Å². The van der Waals surface area contributed by atoms with Crippen LogP contribution in [0.3, 0.4) is 0 Å². The number of aromatic nitrogens is 2. The molecular weight excluding hydrogens is 262 g/mol. The highest BCUT2D eigenvalue weighted by molar-refractivity contribution is 5.92. The number of hydrogen-bond donors (Lipinski definition) is 1. The molecule has 0 atom stereocenters. The van der Waals surface area contributed by atoms with Crippen molar-refractivity contribution in [2.75, 3.05) is 11.9 Å². The summed E-state index contributed by atoms with van der Waals surface area (Å²) in [5.41, 5.74) is 4.49. The predicted molar refractivity (Wildman–Crippen MR) is 85.4 cm³/mol. The number of anilines is 1. The Kier molecular flexibility index (Phi) is 3.86. The standard InChI is InChI=1S/C17H19N3O/c1-3-4-10-18-15-11-14(13-8-6-5-7-9-13)19-17-16(15)12(2)20-21-17/h5-9,11H,3-4,10H2,1-2H3,(H,18,19). The van der Waals surface area contributed by atoms with Gasteiger partial charge in [0.25, 0.3) is 5.71 Å². The van der Waals surface area contributed by atoms with Crippen molar-refractivity contribution in [3.8, 4) is 11.3 Å². The molecule has 0 radical (unpaired) electrons. The Bertz CT molecular complexity index is 734. The highest BCUT2D eigenvalue weighted by atomic mass is 16.5. The first-order valence-electron chi connectivity index (χ1n) is 7.36. The normalized spacial score (nSPS) is 11.0. The Hall–Kier alpha value is -2.36. The lowest BCUT2D eigenvalue weighted by Crippen LogP contribution is -2.02. The van der Waals surface area contributed by atoms with Gasteiger partial charge in [-0.1, -0.05) is 48.8 Å². The van der Waals surface area contributed by atoms with Crippen molar-refractivity contribution in [3.05, 3.63) is 42.1 Å². The molecule has 1 aromatic carbocycles. The summed E-state index contributed by atoms with van der Waals surface area (Å²) < 4.78 is 5.36. The number of pyridine rings is 1. The maximum atomic E-state index is 5.36. The topological polar surface area (TPSA) is 51.0 Å². The van der Waals surface area contributed by atoms with E-state index >= 15 is 0 Å². The van der Waals surface area contributed by atoms with Crippen molar-refractivity contribution >= 4 is 16.8 Å². The van der Waals surface area contributed by atoms with E-state index in [0.29, 0.717) is 5.71 Å². The summed E-state index contributed by atoms with van der Waals surface area (Å²) in [5.74, 6) is 0. The first-order chi connectivity index (χ1) is 10.3. The van der Waals surface area contributed by atoms with Crippen LogP contribution in [0.15, 0.2) is 40.9 Å². The van der Waals surface area contributed by atoms with E-state index in [0.717, 1.165) is 47.4 Å². The summed E-state index contributed by atoms with van der Waals surface area (Å²) in [6.07, 6.45) is 2.30. The molecule has 3 rings (SSSR count). The second-order valence-electron chi connectivity index (χ2n) is 5.15. The van der Waals surface area contributed by atoms with Crippen molar-refractivity contribution in [1.82, 2.24) is 10.1 Å². The third kappa shape index (κ3) is 2.75. The van der Waals surface area contributed by atoms with Crippen molar-refractivity contribution in [2.24, 2.45) is 0 Å². The molecule has 0 saturated carbocycles. The van der Waals surface area contributed by atoms with Gasteiger partial charge >= 0.3 is 0 Å². The number of aryl methyl sites for hydroxylation is 1. The van der Waals surface area contributed by atoms with Gasteiger partial charge in [-0.2, -0.15) is 0 Å². The number of nitrogens with one attached hydrogen (secondary N) is 1. The Morgan fingerprint density at radius 2 is 2.00 bits per heavy atom. The molecule has 0 saturated heterocycles. The van der Waals surface area contributed by atoms with Crippen LogP contribution < -0.4 is 5.32 Å². The first-order valence-corrected chi connectivity index (χ1v) is 7.36. The molecule has 3 aromatic rings. The van der Waals surface area contributed by atoms with E-state index in [4.69, 9.17) is 4.52 Å². The van der Waals surface area contributed by atoms with Gasteiger partial charge < -0.3 is 9.84 Å². The van der Waals surface area contributed by atoms with Crippen molar-refractivity contribution in [3.63, 3.8) is 0 Å². The Morgan fingerprint density at radius 1 is 1.19 bits per heavy atom. The number of hydrogen-bond acceptors (Lipinski definition) is 4. The van der Waals surface area contributed by atoms with Crippen LogP contribution >= 0.6 is 0 Å². The Labute approximate surface area is 124 Å². The predicted octanol–water partition coefficient (Wildman–Crippen LogP) is 4.41. The van der Waals surface area contributed by atoms with Gasteiger partial charge in [0.1, 0.15) is 0 Å². The number of fused-ring (bicyclic) bond motifs is 1. The lowest BCUT2D eigenvalue weighted by Gasteiger charge is -2.09. The van der Waals surface area contributed by atoms with Gasteiger partial charge in [-0.05, 0) is 19.4 Å². The molecule has 1 N–H and O–H groups in total. The van der Waals surface area contributed by atoms with Gasteiger partial charge in [0, 0.05) is 12.1 Å². The third-order valence-electron chi connectivity index (χ3n) is 3.53. The van der Waals surface area contributed by atoms with Crippen LogP contribution in [0.25, 0.3) is 22.4 Å². The molecule has 0 unspecified atom stereocenters. The fraction of sp³-hybridized carbons (Fsp3) is 0.294. The minimum absolute atomic E-state index is 0.591. The smallest absolute Gasteiger partial charge is 0.260 e. The molecule has 2 aromatic heterocycles. The largest absolute Gasteiger partial charge is 0.384 e. The minimum Gasteiger partial charge on any atom is -0.384 e. The van der Waals surface area contributed by atoms with Crippen LogP contribution in [-0.2, 0) is 0 Å². The molecule has 108 valence electrons. The summed E-state index contributed by atoms with van der Waals surface area (Å²) in [7, 11) is 0. The summed E-state index contributed by atoms with van der Waals surface area (Å²) in [6.45, 7) is 5.07. The third-order valence-corrected chi connectivity index (χ3v) is 3.53. The SMILES string of the molecule is CCCCNc1cc(-c2ccccc2)nc2onc(C)c12.